The van der Waals surface area contributed by atoms with Gasteiger partial charge < -0.3 is 47.8 Å². The van der Waals surface area contributed by atoms with Crippen LogP contribution in [0.25, 0.3) is 0 Å². The first-order valence-corrected chi connectivity index (χ1v) is 9.97. The number of hydrogen-bond donors (Lipinski definition) is 6. The number of hydrogen-bond acceptors (Lipinski definition) is 9. The van der Waals surface area contributed by atoms with E-state index in [-0.39, 0.29) is 77.9 Å². The number of carboxylic acid groups (broad SMARTS) is 2. The van der Waals surface area contributed by atoms with E-state index in [9.17, 15) is 24.3 Å². The summed E-state index contributed by atoms with van der Waals surface area (Å²) in [5, 5.41) is 18.3. The summed E-state index contributed by atoms with van der Waals surface area (Å²) >= 11 is 0. The Hall–Kier alpha value is -2.52. The molecule has 0 unspecified atom stereocenters. The molecule has 0 aliphatic rings. The van der Waals surface area contributed by atoms with Gasteiger partial charge in [0.15, 0.2) is 0 Å². The molecule has 0 atom stereocenters. The first-order valence-electron chi connectivity index (χ1n) is 9.97. The Bertz CT molecular complexity index is 567. The molecule has 0 heterocycles. The molecule has 0 spiro atoms. The van der Waals surface area contributed by atoms with Gasteiger partial charge in [0, 0.05) is 65.4 Å². The highest BCUT2D eigenvalue weighted by Gasteiger charge is 2.24. The lowest BCUT2D eigenvalue weighted by Gasteiger charge is -2.31. The van der Waals surface area contributed by atoms with Crippen LogP contribution in [0.15, 0.2) is 0 Å². The van der Waals surface area contributed by atoms with Gasteiger partial charge >= 0.3 is 18.0 Å². The highest BCUT2D eigenvalue weighted by atomic mass is 16.4. The van der Waals surface area contributed by atoms with Gasteiger partial charge in [0.05, 0.1) is 13.1 Å². The fourth-order valence-corrected chi connectivity index (χ4v) is 2.85. The second kappa shape index (κ2) is 16.2. The zero-order chi connectivity index (χ0) is 23.8. The van der Waals surface area contributed by atoms with Crippen molar-refractivity contribution in [3.8, 4) is 0 Å². The molecule has 0 bridgehead atoms. The van der Waals surface area contributed by atoms with Gasteiger partial charge in [0.25, 0.3) is 0 Å². The van der Waals surface area contributed by atoms with Crippen molar-refractivity contribution in [3.63, 3.8) is 0 Å². The van der Waals surface area contributed by atoms with Gasteiger partial charge in [0.2, 0.25) is 5.91 Å². The van der Waals surface area contributed by atoms with E-state index in [4.69, 9.17) is 28.0 Å². The Morgan fingerprint density at radius 3 is 1.42 bits per heavy atom. The van der Waals surface area contributed by atoms with Crippen molar-refractivity contribution in [2.75, 3.05) is 85.1 Å². The van der Waals surface area contributed by atoms with Gasteiger partial charge in [-0.2, -0.15) is 0 Å². The molecule has 0 saturated carbocycles. The van der Waals surface area contributed by atoms with Crippen LogP contribution < -0.4 is 22.9 Å². The summed E-state index contributed by atoms with van der Waals surface area (Å²) in [5.41, 5.74) is 22.0. The molecule has 3 amide bonds. The zero-order valence-electron chi connectivity index (χ0n) is 17.8. The van der Waals surface area contributed by atoms with E-state index in [1.807, 2.05) is 0 Å². The number of aliphatic carboxylic acids is 2. The third-order valence-corrected chi connectivity index (χ3v) is 4.22. The predicted molar refractivity (Wildman–Crippen MR) is 113 cm³/mol. The Morgan fingerprint density at radius 1 is 0.548 bits per heavy atom. The molecule has 0 aromatic rings. The number of carbonyl (C=O) groups is 4. The molecule has 14 nitrogen and oxygen atoms in total. The predicted octanol–water partition coefficient (Wildman–Crippen LogP) is -4.16. The molecule has 10 N–H and O–H groups in total. The highest BCUT2D eigenvalue weighted by Crippen LogP contribution is 2.02. The Morgan fingerprint density at radius 2 is 1.00 bits per heavy atom. The summed E-state index contributed by atoms with van der Waals surface area (Å²) in [5.74, 6) is -2.76. The molecule has 14 heteroatoms. The Labute approximate surface area is 181 Å². The Kier molecular flexibility index (Phi) is 14.9. The van der Waals surface area contributed by atoms with E-state index in [1.165, 1.54) is 14.7 Å². The van der Waals surface area contributed by atoms with Crippen LogP contribution in [0.1, 0.15) is 0 Å². The maximum Gasteiger partial charge on any atom is 0.323 e. The second-order valence-electron chi connectivity index (χ2n) is 6.72. The number of amides is 3. The summed E-state index contributed by atoms with van der Waals surface area (Å²) in [6.45, 7) is 0.287. The lowest BCUT2D eigenvalue weighted by atomic mass is 10.3. The van der Waals surface area contributed by atoms with Crippen LogP contribution in [0.5, 0.6) is 0 Å². The van der Waals surface area contributed by atoms with Crippen LogP contribution in [0.2, 0.25) is 0 Å². The quantitative estimate of drug-likeness (QED) is 0.125. The lowest BCUT2D eigenvalue weighted by Crippen LogP contribution is -2.52. The van der Waals surface area contributed by atoms with E-state index in [0.717, 1.165) is 4.90 Å². The minimum absolute atomic E-state index is 0.0325. The fourth-order valence-electron chi connectivity index (χ4n) is 2.85. The molecule has 0 aromatic heterocycles. The van der Waals surface area contributed by atoms with Crippen molar-refractivity contribution >= 4 is 23.9 Å². The van der Waals surface area contributed by atoms with Crippen molar-refractivity contribution in [1.29, 1.82) is 0 Å². The number of urea groups is 1. The SMILES string of the molecule is NCCN(CCN)C(=O)CN(CCN(CC(=O)O)C(=O)N(CCN)CCN)CC(=O)O. The van der Waals surface area contributed by atoms with Crippen molar-refractivity contribution in [2.24, 2.45) is 22.9 Å². The minimum Gasteiger partial charge on any atom is -0.480 e. The number of carbonyl (C=O) groups excluding carboxylic acids is 2. The minimum atomic E-state index is -1.23. The molecule has 0 fully saturated rings. The lowest BCUT2D eigenvalue weighted by molar-refractivity contribution is -0.141. The molecule has 0 radical (unpaired) electrons. The van der Waals surface area contributed by atoms with Crippen LogP contribution in [0, 0.1) is 0 Å². The molecule has 31 heavy (non-hydrogen) atoms. The number of nitrogens with zero attached hydrogens (tertiary/aromatic N) is 4. The molecule has 0 aromatic carbocycles. The average molecular weight is 449 g/mol. The van der Waals surface area contributed by atoms with Crippen LogP contribution in [0.3, 0.4) is 0 Å². The van der Waals surface area contributed by atoms with Crippen LogP contribution in [-0.4, -0.2) is 139 Å². The van der Waals surface area contributed by atoms with Gasteiger partial charge in [0.1, 0.15) is 6.54 Å². The van der Waals surface area contributed by atoms with Gasteiger partial charge in [-0.3, -0.25) is 19.3 Å². The molecular formula is C17H36N8O6. The molecule has 0 saturated heterocycles. The summed E-state index contributed by atoms with van der Waals surface area (Å²) in [6.07, 6.45) is 0. The van der Waals surface area contributed by atoms with Crippen LogP contribution in [-0.2, 0) is 14.4 Å². The van der Waals surface area contributed by atoms with Gasteiger partial charge in [-0.25, -0.2) is 4.79 Å². The molecule has 0 aliphatic carbocycles. The largest absolute Gasteiger partial charge is 0.480 e. The van der Waals surface area contributed by atoms with Gasteiger partial charge in [-0.1, -0.05) is 0 Å². The topological polar surface area (TPSA) is 226 Å². The smallest absolute Gasteiger partial charge is 0.323 e. The van der Waals surface area contributed by atoms with Crippen molar-refractivity contribution < 1.29 is 29.4 Å². The maximum absolute atomic E-state index is 12.7. The number of rotatable bonds is 17. The average Bonchev–Trinajstić information content (AvgIpc) is 2.69. The van der Waals surface area contributed by atoms with Gasteiger partial charge in [-0.15, -0.1) is 0 Å². The highest BCUT2D eigenvalue weighted by molar-refractivity contribution is 5.80. The van der Waals surface area contributed by atoms with Crippen LogP contribution in [0.4, 0.5) is 4.79 Å². The fraction of sp³-hybridized carbons (Fsp3) is 0.765. The first kappa shape index (κ1) is 28.5. The van der Waals surface area contributed by atoms with Crippen LogP contribution >= 0.6 is 0 Å². The van der Waals surface area contributed by atoms with E-state index in [2.05, 4.69) is 0 Å². The third kappa shape index (κ3) is 12.0. The molecule has 0 rings (SSSR count). The molecule has 180 valence electrons. The summed E-state index contributed by atoms with van der Waals surface area (Å²) in [6, 6.07) is -0.576. The zero-order valence-corrected chi connectivity index (χ0v) is 17.8. The van der Waals surface area contributed by atoms with Crippen molar-refractivity contribution in [2.45, 2.75) is 0 Å². The van der Waals surface area contributed by atoms with E-state index >= 15 is 0 Å². The molecular weight excluding hydrogens is 412 g/mol. The van der Waals surface area contributed by atoms with E-state index in [1.54, 1.807) is 0 Å². The Balaban J connectivity index is 5.31. The van der Waals surface area contributed by atoms with Crippen molar-refractivity contribution in [3.05, 3.63) is 0 Å². The monoisotopic (exact) mass is 448 g/mol. The van der Waals surface area contributed by atoms with Crippen molar-refractivity contribution in [1.82, 2.24) is 19.6 Å². The normalized spacial score (nSPS) is 10.7. The number of carboxylic acids is 2. The van der Waals surface area contributed by atoms with E-state index in [0.29, 0.717) is 0 Å². The number of nitrogens with two attached hydrogens (primary N) is 4. The summed E-state index contributed by atoms with van der Waals surface area (Å²) in [4.78, 5) is 52.9. The molecule has 0 aliphatic heterocycles. The first-order chi connectivity index (χ1) is 14.7. The van der Waals surface area contributed by atoms with E-state index < -0.39 is 31.1 Å². The standard InChI is InChI=1S/C17H36N8O6/c18-1-5-23(6-2-19)14(26)11-22(12-15(27)28)9-10-25(13-16(29)30)17(31)24(7-3-20)8-4-21/h1-13,18-21H2,(H,27,28)(H,29,30). The van der Waals surface area contributed by atoms with Gasteiger partial charge in [-0.05, 0) is 0 Å². The summed E-state index contributed by atoms with van der Waals surface area (Å²) < 4.78 is 0. The second-order valence-corrected chi connectivity index (χ2v) is 6.72. The maximum atomic E-state index is 12.7. The summed E-state index contributed by atoms with van der Waals surface area (Å²) in [7, 11) is 0. The third-order valence-electron chi connectivity index (χ3n) is 4.22.